The predicted octanol–water partition coefficient (Wildman–Crippen LogP) is 3.91. The molecular weight excluding hydrogens is 498 g/mol. The summed E-state index contributed by atoms with van der Waals surface area (Å²) in [6, 6.07) is 0. The number of carbonyl (C=O) groups excluding carboxylic acids is 1. The molecule has 2 fully saturated rings. The Morgan fingerprint density at radius 1 is 0.769 bits per heavy atom. The molecule has 0 aromatic carbocycles. The fourth-order valence-electron chi connectivity index (χ4n) is 4.31. The van der Waals surface area contributed by atoms with Crippen molar-refractivity contribution < 1.29 is 28.1 Å². The highest BCUT2D eigenvalue weighted by atomic mass is 16.7. The smallest absolute Gasteiger partial charge is 0.442 e. The minimum Gasteiger partial charge on any atom is -0.442 e. The Hall–Kier alpha value is -2.14. The first kappa shape index (κ1) is 31.4. The van der Waals surface area contributed by atoms with Crippen LogP contribution in [0.15, 0.2) is 0 Å². The van der Waals surface area contributed by atoms with E-state index in [-0.39, 0.29) is 18.3 Å². The maximum absolute atomic E-state index is 12.3. The first-order valence-corrected chi connectivity index (χ1v) is 13.5. The third kappa shape index (κ3) is 6.14. The molecule has 2 aliphatic rings. The number of hydrogen-bond donors (Lipinski definition) is 1. The van der Waals surface area contributed by atoms with E-state index in [9.17, 15) is 4.79 Å². The normalized spacial score (nSPS) is 21.1. The standard InChI is InChI=1S/C16H27BN2O4.C11H19BN2O2/c1-10-12(17-22-15(6,7)16(8,9)23-17)11(2)19(18-10)13(20)21-14(3,4)5;1-7-9(8(2)14-13-7)12-15-10(3,4)11(5,6)16-12/h1-9H3;1-6H3,(H,13,14). The number of nitrogens with one attached hydrogen (secondary N) is 1. The molecule has 12 heteroatoms. The highest BCUT2D eigenvalue weighted by molar-refractivity contribution is 6.63. The van der Waals surface area contributed by atoms with Crippen molar-refractivity contribution in [2.45, 2.75) is 132 Å². The maximum atomic E-state index is 12.3. The van der Waals surface area contributed by atoms with Crippen LogP contribution < -0.4 is 10.9 Å². The number of rotatable bonds is 2. The van der Waals surface area contributed by atoms with Gasteiger partial charge in [-0.1, -0.05) is 0 Å². The minimum absolute atomic E-state index is 0.298. The van der Waals surface area contributed by atoms with Gasteiger partial charge in [0.25, 0.3) is 0 Å². The van der Waals surface area contributed by atoms with Crippen molar-refractivity contribution in [2.75, 3.05) is 0 Å². The fourth-order valence-corrected chi connectivity index (χ4v) is 4.31. The van der Waals surface area contributed by atoms with Crippen molar-refractivity contribution in [1.29, 1.82) is 0 Å². The summed E-state index contributed by atoms with van der Waals surface area (Å²) in [6.45, 7) is 29.3. The summed E-state index contributed by atoms with van der Waals surface area (Å²) in [4.78, 5) is 12.3. The Morgan fingerprint density at radius 3 is 1.54 bits per heavy atom. The van der Waals surface area contributed by atoms with Gasteiger partial charge >= 0.3 is 20.3 Å². The molecule has 4 rings (SSSR count). The van der Waals surface area contributed by atoms with E-state index >= 15 is 0 Å². The first-order chi connectivity index (χ1) is 17.5. The molecule has 0 radical (unpaired) electrons. The summed E-state index contributed by atoms with van der Waals surface area (Å²) < 4.78 is 30.8. The quantitative estimate of drug-likeness (QED) is 0.568. The largest absolute Gasteiger partial charge is 0.498 e. The van der Waals surface area contributed by atoms with Crippen LogP contribution in [0.2, 0.25) is 0 Å². The van der Waals surface area contributed by atoms with Crippen LogP contribution in [0, 0.1) is 27.7 Å². The molecule has 0 aliphatic carbocycles. The Morgan fingerprint density at radius 2 is 1.18 bits per heavy atom. The van der Waals surface area contributed by atoms with E-state index in [0.717, 1.165) is 22.3 Å². The second-order valence-corrected chi connectivity index (χ2v) is 13.5. The van der Waals surface area contributed by atoms with Gasteiger partial charge in [0.1, 0.15) is 5.60 Å². The summed E-state index contributed by atoms with van der Waals surface area (Å²) in [5, 5.41) is 11.4. The molecule has 4 heterocycles. The third-order valence-electron chi connectivity index (χ3n) is 8.08. The van der Waals surface area contributed by atoms with Gasteiger partial charge in [0.05, 0.1) is 33.8 Å². The van der Waals surface area contributed by atoms with Gasteiger partial charge in [-0.25, -0.2) is 4.79 Å². The number of ether oxygens (including phenoxy) is 1. The zero-order chi connectivity index (χ0) is 29.9. The number of aromatic amines is 1. The highest BCUT2D eigenvalue weighted by Gasteiger charge is 2.54. The summed E-state index contributed by atoms with van der Waals surface area (Å²) in [6.07, 6.45) is -0.499. The SMILES string of the molecule is Cc1n[nH]c(C)c1B1OC(C)(C)C(C)(C)O1.Cc1nn(C(=O)OC(C)(C)C)c(C)c1B1OC(C)(C)C(C)(C)O1. The van der Waals surface area contributed by atoms with Crippen LogP contribution >= 0.6 is 0 Å². The average Bonchev–Trinajstić information content (AvgIpc) is 3.35. The van der Waals surface area contributed by atoms with Crippen LogP contribution in [0.25, 0.3) is 0 Å². The van der Waals surface area contributed by atoms with Crippen LogP contribution in [-0.4, -0.2) is 68.3 Å². The van der Waals surface area contributed by atoms with Crippen molar-refractivity contribution >= 4 is 31.3 Å². The lowest BCUT2D eigenvalue weighted by atomic mass is 9.77. The summed E-state index contributed by atoms with van der Waals surface area (Å²) >= 11 is 0. The van der Waals surface area contributed by atoms with E-state index < -0.39 is 30.0 Å². The zero-order valence-corrected chi connectivity index (χ0v) is 26.4. The van der Waals surface area contributed by atoms with Crippen molar-refractivity contribution in [3.63, 3.8) is 0 Å². The Kier molecular flexibility index (Phi) is 8.09. The zero-order valence-electron chi connectivity index (χ0n) is 26.4. The van der Waals surface area contributed by atoms with Crippen LogP contribution in [-0.2, 0) is 23.4 Å². The van der Waals surface area contributed by atoms with Gasteiger partial charge in [0, 0.05) is 22.3 Å². The van der Waals surface area contributed by atoms with Crippen LogP contribution in [0.4, 0.5) is 4.79 Å². The van der Waals surface area contributed by atoms with E-state index in [1.54, 1.807) is 0 Å². The van der Waals surface area contributed by atoms with Gasteiger partial charge in [0.15, 0.2) is 0 Å². The monoisotopic (exact) mass is 544 g/mol. The molecule has 0 amide bonds. The van der Waals surface area contributed by atoms with E-state index in [1.807, 2.05) is 76.2 Å². The lowest BCUT2D eigenvalue weighted by molar-refractivity contribution is 0.00578. The summed E-state index contributed by atoms with van der Waals surface area (Å²) in [5.74, 6) is 0. The van der Waals surface area contributed by atoms with Gasteiger partial charge in [-0.05, 0) is 104 Å². The van der Waals surface area contributed by atoms with Gasteiger partial charge in [-0.2, -0.15) is 14.9 Å². The van der Waals surface area contributed by atoms with E-state index in [2.05, 4.69) is 43.0 Å². The number of carbonyl (C=O) groups is 1. The minimum atomic E-state index is -0.576. The van der Waals surface area contributed by atoms with E-state index in [1.165, 1.54) is 4.68 Å². The van der Waals surface area contributed by atoms with Crippen molar-refractivity contribution in [2.24, 2.45) is 0 Å². The number of aromatic nitrogens is 4. The molecule has 10 nitrogen and oxygen atoms in total. The Bertz CT molecular complexity index is 1170. The second-order valence-electron chi connectivity index (χ2n) is 13.5. The van der Waals surface area contributed by atoms with Gasteiger partial charge in [-0.3, -0.25) is 5.10 Å². The summed E-state index contributed by atoms with van der Waals surface area (Å²) in [5.41, 5.74) is 3.09. The summed E-state index contributed by atoms with van der Waals surface area (Å²) in [7, 11) is -0.861. The van der Waals surface area contributed by atoms with Gasteiger partial charge in [-0.15, -0.1) is 0 Å². The number of nitrogens with zero attached hydrogens (tertiary/aromatic N) is 3. The molecule has 0 spiro atoms. The Balaban J connectivity index is 0.000000230. The fraction of sp³-hybridized carbons (Fsp3) is 0.741. The number of hydrogen-bond acceptors (Lipinski definition) is 8. The molecule has 0 saturated carbocycles. The molecule has 2 aromatic heterocycles. The van der Waals surface area contributed by atoms with E-state index in [4.69, 9.17) is 23.4 Å². The lowest BCUT2D eigenvalue weighted by Gasteiger charge is -2.32. The molecule has 0 bridgehead atoms. The molecule has 2 aromatic rings. The second kappa shape index (κ2) is 10.0. The first-order valence-electron chi connectivity index (χ1n) is 13.5. The molecule has 216 valence electrons. The topological polar surface area (TPSA) is 110 Å². The van der Waals surface area contributed by atoms with Crippen LogP contribution in [0.3, 0.4) is 0 Å². The number of H-pyrrole nitrogens is 1. The molecule has 2 aliphatic heterocycles. The van der Waals surface area contributed by atoms with Crippen molar-refractivity contribution in [3.8, 4) is 0 Å². The molecule has 39 heavy (non-hydrogen) atoms. The maximum Gasteiger partial charge on any atom is 0.498 e. The molecule has 1 N–H and O–H groups in total. The average molecular weight is 544 g/mol. The Labute approximate surface area is 234 Å². The predicted molar refractivity (Wildman–Crippen MR) is 153 cm³/mol. The van der Waals surface area contributed by atoms with Crippen LogP contribution in [0.1, 0.15) is 98.9 Å². The van der Waals surface area contributed by atoms with E-state index in [0.29, 0.717) is 11.4 Å². The molecular formula is C27H46B2N4O6. The lowest BCUT2D eigenvalue weighted by Crippen LogP contribution is -2.41. The van der Waals surface area contributed by atoms with Gasteiger partial charge in [0.2, 0.25) is 0 Å². The molecule has 0 atom stereocenters. The van der Waals surface area contributed by atoms with Crippen molar-refractivity contribution in [3.05, 3.63) is 22.8 Å². The number of aryl methyl sites for hydroxylation is 3. The van der Waals surface area contributed by atoms with Crippen LogP contribution in [0.5, 0.6) is 0 Å². The van der Waals surface area contributed by atoms with Gasteiger partial charge < -0.3 is 23.4 Å². The molecule has 2 saturated heterocycles. The van der Waals surface area contributed by atoms with Crippen molar-refractivity contribution in [1.82, 2.24) is 20.0 Å². The highest BCUT2D eigenvalue weighted by Crippen LogP contribution is 2.38. The third-order valence-corrected chi connectivity index (χ3v) is 8.08. The molecule has 0 unspecified atom stereocenters.